The second-order valence-electron chi connectivity index (χ2n) is 6.50. The molecule has 1 heterocycles. The summed E-state index contributed by atoms with van der Waals surface area (Å²) in [6, 6.07) is 3.20. The van der Waals surface area contributed by atoms with Gasteiger partial charge in [0.05, 0.1) is 10.7 Å². The van der Waals surface area contributed by atoms with Gasteiger partial charge in [-0.25, -0.2) is 0 Å². The second kappa shape index (κ2) is 7.43. The predicted molar refractivity (Wildman–Crippen MR) is 90.7 cm³/mol. The minimum absolute atomic E-state index is 0.138. The fourth-order valence-electron chi connectivity index (χ4n) is 2.72. The van der Waals surface area contributed by atoms with Crippen molar-refractivity contribution in [3.8, 4) is 5.75 Å². The number of alkyl halides is 6. The van der Waals surface area contributed by atoms with Crippen molar-refractivity contribution in [2.24, 2.45) is 0 Å². The van der Waals surface area contributed by atoms with Gasteiger partial charge in [-0.05, 0) is 44.0 Å². The van der Waals surface area contributed by atoms with Crippen LogP contribution in [0.2, 0.25) is 5.02 Å². The highest BCUT2D eigenvalue weighted by Gasteiger charge is 2.43. The highest BCUT2D eigenvalue weighted by Crippen LogP contribution is 2.47. The third kappa shape index (κ3) is 4.95. The summed E-state index contributed by atoms with van der Waals surface area (Å²) >= 11 is 5.89. The molecule has 1 aromatic carbocycles. The lowest BCUT2D eigenvalue weighted by Gasteiger charge is -2.16. The van der Waals surface area contributed by atoms with E-state index in [1.807, 2.05) is 0 Å². The van der Waals surface area contributed by atoms with Gasteiger partial charge in [0.25, 0.3) is 0 Å². The normalized spacial score (nSPS) is 15.9. The smallest absolute Gasteiger partial charge is 0.406 e. The highest BCUT2D eigenvalue weighted by molar-refractivity contribution is 6.32. The maximum absolute atomic E-state index is 13.1. The summed E-state index contributed by atoms with van der Waals surface area (Å²) in [5.41, 5.74) is -0.969. The SMILES string of the molecule is CC(C(=O)Nc1ccc(OC(F)(F)F)cc1)n1nc(C(F)(F)F)c(Cl)c1C1CC1. The molecule has 1 unspecified atom stereocenters. The Labute approximate surface area is 165 Å². The average molecular weight is 442 g/mol. The first-order chi connectivity index (χ1) is 13.4. The molecule has 29 heavy (non-hydrogen) atoms. The Morgan fingerprint density at radius 3 is 2.28 bits per heavy atom. The van der Waals surface area contributed by atoms with Crippen molar-refractivity contribution in [3.05, 3.63) is 40.7 Å². The van der Waals surface area contributed by atoms with Gasteiger partial charge in [0.2, 0.25) is 5.91 Å². The van der Waals surface area contributed by atoms with Gasteiger partial charge in [0.15, 0.2) is 5.69 Å². The van der Waals surface area contributed by atoms with E-state index in [1.54, 1.807) is 0 Å². The number of hydrogen-bond donors (Lipinski definition) is 1. The lowest BCUT2D eigenvalue weighted by Crippen LogP contribution is -2.26. The minimum Gasteiger partial charge on any atom is -0.406 e. The Hall–Kier alpha value is -2.43. The summed E-state index contributed by atoms with van der Waals surface area (Å²) in [6.45, 7) is 1.35. The van der Waals surface area contributed by atoms with E-state index < -0.39 is 41.0 Å². The van der Waals surface area contributed by atoms with Crippen molar-refractivity contribution >= 4 is 23.2 Å². The van der Waals surface area contributed by atoms with E-state index in [2.05, 4.69) is 15.2 Å². The molecule has 1 saturated carbocycles. The van der Waals surface area contributed by atoms with Crippen LogP contribution in [0.4, 0.5) is 32.0 Å². The summed E-state index contributed by atoms with van der Waals surface area (Å²) in [5.74, 6) is -1.39. The zero-order valence-corrected chi connectivity index (χ0v) is 15.5. The van der Waals surface area contributed by atoms with Crippen molar-refractivity contribution in [2.75, 3.05) is 5.32 Å². The summed E-state index contributed by atoms with van der Waals surface area (Å²) < 4.78 is 80.6. The molecule has 1 fully saturated rings. The quantitative estimate of drug-likeness (QED) is 0.621. The number of rotatable bonds is 5. The monoisotopic (exact) mass is 441 g/mol. The lowest BCUT2D eigenvalue weighted by atomic mass is 10.2. The third-order valence-corrected chi connectivity index (χ3v) is 4.59. The van der Waals surface area contributed by atoms with Crippen molar-refractivity contribution in [3.63, 3.8) is 0 Å². The highest BCUT2D eigenvalue weighted by atomic mass is 35.5. The van der Waals surface area contributed by atoms with Gasteiger partial charge in [0.1, 0.15) is 11.8 Å². The molecule has 1 N–H and O–H groups in total. The first kappa shape index (κ1) is 21.3. The maximum atomic E-state index is 13.1. The van der Waals surface area contributed by atoms with Gasteiger partial charge in [-0.2, -0.15) is 18.3 Å². The van der Waals surface area contributed by atoms with E-state index in [9.17, 15) is 31.1 Å². The van der Waals surface area contributed by atoms with E-state index in [1.165, 1.54) is 19.1 Å². The summed E-state index contributed by atoms with van der Waals surface area (Å²) in [6.07, 6.45) is -8.35. The van der Waals surface area contributed by atoms with Crippen LogP contribution < -0.4 is 10.1 Å². The van der Waals surface area contributed by atoms with Gasteiger partial charge < -0.3 is 10.1 Å². The molecule has 0 radical (unpaired) electrons. The average Bonchev–Trinajstić information content (AvgIpc) is 3.36. The number of carbonyl (C=O) groups is 1. The Morgan fingerprint density at radius 1 is 1.21 bits per heavy atom. The van der Waals surface area contributed by atoms with Gasteiger partial charge >= 0.3 is 12.5 Å². The fourth-order valence-corrected chi connectivity index (χ4v) is 3.11. The Morgan fingerprint density at radius 2 is 1.79 bits per heavy atom. The molecular weight excluding hydrogens is 428 g/mol. The molecule has 1 atom stereocenters. The van der Waals surface area contributed by atoms with Crippen LogP contribution in [0.15, 0.2) is 24.3 Å². The Kier molecular flexibility index (Phi) is 5.46. The van der Waals surface area contributed by atoms with Crippen LogP contribution in [0, 0.1) is 0 Å². The molecular formula is C17H14ClF6N3O2. The largest absolute Gasteiger partial charge is 0.573 e. The van der Waals surface area contributed by atoms with E-state index in [-0.39, 0.29) is 17.3 Å². The number of nitrogens with zero attached hydrogens (tertiary/aromatic N) is 2. The zero-order chi connectivity index (χ0) is 21.6. The van der Waals surface area contributed by atoms with Crippen molar-refractivity contribution in [1.29, 1.82) is 0 Å². The number of nitrogens with one attached hydrogen (secondary N) is 1. The van der Waals surface area contributed by atoms with Gasteiger partial charge in [-0.15, -0.1) is 13.2 Å². The molecule has 0 aliphatic heterocycles. The summed E-state index contributed by atoms with van der Waals surface area (Å²) in [5, 5.41) is 5.42. The molecule has 5 nitrogen and oxygen atoms in total. The van der Waals surface area contributed by atoms with Crippen LogP contribution in [0.1, 0.15) is 43.1 Å². The minimum atomic E-state index is -4.85. The summed E-state index contributed by atoms with van der Waals surface area (Å²) in [7, 11) is 0. The fraction of sp³-hybridized carbons (Fsp3) is 0.412. The molecule has 0 bridgehead atoms. The topological polar surface area (TPSA) is 56.1 Å². The molecule has 0 saturated heterocycles. The van der Waals surface area contributed by atoms with Crippen molar-refractivity contribution in [1.82, 2.24) is 9.78 Å². The molecule has 158 valence electrons. The van der Waals surface area contributed by atoms with Crippen LogP contribution in [0.3, 0.4) is 0 Å². The zero-order valence-electron chi connectivity index (χ0n) is 14.7. The van der Waals surface area contributed by atoms with E-state index in [4.69, 9.17) is 11.6 Å². The molecule has 1 aliphatic rings. The number of aromatic nitrogens is 2. The van der Waals surface area contributed by atoms with Crippen LogP contribution in [-0.4, -0.2) is 22.1 Å². The van der Waals surface area contributed by atoms with Crippen molar-refractivity contribution < 1.29 is 35.9 Å². The van der Waals surface area contributed by atoms with E-state index >= 15 is 0 Å². The van der Waals surface area contributed by atoms with E-state index in [0.29, 0.717) is 12.8 Å². The molecule has 1 amide bonds. The predicted octanol–water partition coefficient (Wildman–Crippen LogP) is 5.53. The molecule has 1 aromatic heterocycles. The molecule has 3 rings (SSSR count). The Bertz CT molecular complexity index is 904. The molecule has 0 spiro atoms. The van der Waals surface area contributed by atoms with Crippen LogP contribution in [0.25, 0.3) is 0 Å². The number of benzene rings is 1. The third-order valence-electron chi connectivity index (χ3n) is 4.22. The first-order valence-corrected chi connectivity index (χ1v) is 8.76. The lowest BCUT2D eigenvalue weighted by molar-refractivity contribution is -0.274. The van der Waals surface area contributed by atoms with Gasteiger partial charge in [0, 0.05) is 11.6 Å². The number of hydrogen-bond acceptors (Lipinski definition) is 3. The maximum Gasteiger partial charge on any atom is 0.573 e. The molecule has 12 heteroatoms. The molecule has 1 aliphatic carbocycles. The number of amides is 1. The first-order valence-electron chi connectivity index (χ1n) is 8.38. The summed E-state index contributed by atoms with van der Waals surface area (Å²) in [4.78, 5) is 12.5. The number of carbonyl (C=O) groups excluding carboxylic acids is 1. The number of halogens is 7. The number of ether oxygens (including phenoxy) is 1. The van der Waals surface area contributed by atoms with Crippen LogP contribution in [-0.2, 0) is 11.0 Å². The Balaban J connectivity index is 1.78. The number of anilines is 1. The van der Waals surface area contributed by atoms with Gasteiger partial charge in [-0.3, -0.25) is 9.48 Å². The van der Waals surface area contributed by atoms with Crippen molar-refractivity contribution in [2.45, 2.75) is 44.3 Å². The van der Waals surface area contributed by atoms with Crippen LogP contribution >= 0.6 is 11.6 Å². The van der Waals surface area contributed by atoms with Gasteiger partial charge in [-0.1, -0.05) is 11.6 Å². The standard InChI is InChI=1S/C17H14ClF6N3O2/c1-8(15(28)25-10-4-6-11(7-5-10)29-17(22,23)24)27-13(9-2-3-9)12(18)14(26-27)16(19,20)21/h4-9H,2-3H2,1H3,(H,25,28). The van der Waals surface area contributed by atoms with Crippen LogP contribution in [0.5, 0.6) is 5.75 Å². The second-order valence-corrected chi connectivity index (χ2v) is 6.88. The molecule has 2 aromatic rings. The van der Waals surface area contributed by atoms with E-state index in [0.717, 1.165) is 16.8 Å².